The van der Waals surface area contributed by atoms with E-state index in [1.54, 1.807) is 27.4 Å². The number of thiocarbonyl (C=S) groups is 1. The summed E-state index contributed by atoms with van der Waals surface area (Å²) < 4.78 is 16.1. The highest BCUT2D eigenvalue weighted by atomic mass is 32.1. The van der Waals surface area contributed by atoms with Crippen LogP contribution >= 0.6 is 12.2 Å². The van der Waals surface area contributed by atoms with Gasteiger partial charge in [-0.05, 0) is 54.0 Å². The molecule has 0 saturated carbocycles. The minimum Gasteiger partial charge on any atom is -0.497 e. The molecule has 8 heteroatoms. The summed E-state index contributed by atoms with van der Waals surface area (Å²) in [7, 11) is 4.80. The number of pyridine rings is 1. The molecule has 0 radical (unpaired) electrons. The largest absolute Gasteiger partial charge is 0.497 e. The van der Waals surface area contributed by atoms with Crippen molar-refractivity contribution in [1.29, 1.82) is 0 Å². The molecule has 0 saturated heterocycles. The first-order chi connectivity index (χ1) is 18.0. The number of ether oxygens (including phenoxy) is 3. The van der Waals surface area contributed by atoms with E-state index >= 15 is 0 Å². The Morgan fingerprint density at radius 2 is 1.57 bits per heavy atom. The van der Waals surface area contributed by atoms with Crippen LogP contribution in [0, 0.1) is 0 Å². The number of hydrogen-bond donors (Lipinski definition) is 2. The number of benzene rings is 3. The van der Waals surface area contributed by atoms with Gasteiger partial charge in [0.05, 0.1) is 33.4 Å². The van der Waals surface area contributed by atoms with Gasteiger partial charge in [0.25, 0.3) is 5.56 Å². The van der Waals surface area contributed by atoms with Crippen LogP contribution < -0.4 is 25.1 Å². The first kappa shape index (κ1) is 26.0. The number of aromatic nitrogens is 1. The van der Waals surface area contributed by atoms with Crippen molar-refractivity contribution in [3.63, 3.8) is 0 Å². The fourth-order valence-corrected chi connectivity index (χ4v) is 4.35. The maximum atomic E-state index is 13.0. The van der Waals surface area contributed by atoms with Crippen molar-refractivity contribution in [1.82, 2.24) is 15.2 Å². The van der Waals surface area contributed by atoms with Crippen molar-refractivity contribution in [2.75, 3.05) is 27.9 Å². The van der Waals surface area contributed by atoms with Crippen molar-refractivity contribution in [3.05, 3.63) is 99.8 Å². The van der Waals surface area contributed by atoms with Crippen LogP contribution in [0.5, 0.6) is 17.2 Å². The lowest BCUT2D eigenvalue weighted by Crippen LogP contribution is -2.40. The van der Waals surface area contributed by atoms with E-state index in [4.69, 9.17) is 26.4 Å². The minimum absolute atomic E-state index is 0.175. The van der Waals surface area contributed by atoms with Gasteiger partial charge in [-0.25, -0.2) is 0 Å². The van der Waals surface area contributed by atoms with E-state index in [9.17, 15) is 4.79 Å². The van der Waals surface area contributed by atoms with Crippen molar-refractivity contribution >= 4 is 28.2 Å². The normalized spacial score (nSPS) is 10.7. The van der Waals surface area contributed by atoms with Crippen LogP contribution in [-0.4, -0.2) is 42.9 Å². The highest BCUT2D eigenvalue weighted by Gasteiger charge is 2.15. The van der Waals surface area contributed by atoms with Crippen LogP contribution in [0.1, 0.15) is 16.7 Å². The van der Waals surface area contributed by atoms with Gasteiger partial charge in [0.2, 0.25) is 0 Å². The summed E-state index contributed by atoms with van der Waals surface area (Å²) in [4.78, 5) is 18.0. The SMILES string of the molecule is COc1ccc(CN(Cc2cc3cc(OC)c(OC)cc3[nH]c2=O)C(=S)NCCc2ccccc2)cc1. The molecular weight excluding hydrogens is 486 g/mol. The van der Waals surface area contributed by atoms with Gasteiger partial charge in [-0.3, -0.25) is 4.79 Å². The van der Waals surface area contributed by atoms with Crippen LogP contribution in [0.25, 0.3) is 10.9 Å². The van der Waals surface area contributed by atoms with Crippen LogP contribution in [0.3, 0.4) is 0 Å². The average molecular weight is 518 g/mol. The van der Waals surface area contributed by atoms with Crippen molar-refractivity contribution < 1.29 is 14.2 Å². The van der Waals surface area contributed by atoms with Gasteiger partial charge in [-0.2, -0.15) is 0 Å². The maximum Gasteiger partial charge on any atom is 0.253 e. The Bertz CT molecular complexity index is 1400. The Kier molecular flexibility index (Phi) is 8.64. The van der Waals surface area contributed by atoms with Crippen molar-refractivity contribution in [2.24, 2.45) is 0 Å². The van der Waals surface area contributed by atoms with E-state index in [1.807, 2.05) is 59.5 Å². The zero-order chi connectivity index (χ0) is 26.2. The van der Waals surface area contributed by atoms with Crippen molar-refractivity contribution in [3.8, 4) is 17.2 Å². The van der Waals surface area contributed by atoms with Gasteiger partial charge in [0.1, 0.15) is 5.75 Å². The van der Waals surface area contributed by atoms with E-state index < -0.39 is 0 Å². The molecule has 1 aromatic heterocycles. The molecule has 1 heterocycles. The minimum atomic E-state index is -0.175. The molecule has 2 N–H and O–H groups in total. The molecule has 37 heavy (non-hydrogen) atoms. The number of H-pyrrole nitrogens is 1. The third kappa shape index (κ3) is 6.59. The lowest BCUT2D eigenvalue weighted by molar-refractivity contribution is 0.355. The number of aromatic amines is 1. The summed E-state index contributed by atoms with van der Waals surface area (Å²) in [5.41, 5.74) is 3.38. The summed E-state index contributed by atoms with van der Waals surface area (Å²) in [6.45, 7) is 1.56. The van der Waals surface area contributed by atoms with Crippen molar-refractivity contribution in [2.45, 2.75) is 19.5 Å². The maximum absolute atomic E-state index is 13.0. The van der Waals surface area contributed by atoms with E-state index in [2.05, 4.69) is 22.4 Å². The predicted octanol–water partition coefficient (Wildman–Crippen LogP) is 4.67. The number of nitrogens with zero attached hydrogens (tertiary/aromatic N) is 1. The molecule has 0 fully saturated rings. The highest BCUT2D eigenvalue weighted by Crippen LogP contribution is 2.31. The highest BCUT2D eigenvalue weighted by molar-refractivity contribution is 7.80. The Morgan fingerprint density at radius 1 is 0.865 bits per heavy atom. The van der Waals surface area contributed by atoms with Gasteiger partial charge in [-0.1, -0.05) is 42.5 Å². The second kappa shape index (κ2) is 12.3. The van der Waals surface area contributed by atoms with E-state index in [0.29, 0.717) is 47.3 Å². The van der Waals surface area contributed by atoms with Gasteiger partial charge in [0, 0.05) is 30.1 Å². The summed E-state index contributed by atoms with van der Waals surface area (Å²) in [5, 5.41) is 4.80. The molecule has 192 valence electrons. The van der Waals surface area contributed by atoms with E-state index in [1.165, 1.54) is 5.56 Å². The Morgan fingerprint density at radius 3 is 2.24 bits per heavy atom. The average Bonchev–Trinajstić information content (AvgIpc) is 2.93. The first-order valence-electron chi connectivity index (χ1n) is 12.0. The van der Waals surface area contributed by atoms with E-state index in [-0.39, 0.29) is 5.56 Å². The molecule has 4 rings (SSSR count). The third-order valence-corrected chi connectivity index (χ3v) is 6.54. The molecule has 4 aromatic rings. The Labute approximate surface area is 222 Å². The van der Waals surface area contributed by atoms with Gasteiger partial charge < -0.3 is 29.4 Å². The molecule has 0 spiro atoms. The van der Waals surface area contributed by atoms with Crippen LogP contribution in [0.2, 0.25) is 0 Å². The lowest BCUT2D eigenvalue weighted by atomic mass is 10.1. The van der Waals surface area contributed by atoms with Crippen LogP contribution in [0.4, 0.5) is 0 Å². The summed E-state index contributed by atoms with van der Waals surface area (Å²) in [6.07, 6.45) is 0.843. The topological polar surface area (TPSA) is 75.8 Å². The number of fused-ring (bicyclic) bond motifs is 1. The molecule has 0 unspecified atom stereocenters. The zero-order valence-electron chi connectivity index (χ0n) is 21.2. The molecule has 0 atom stereocenters. The molecule has 0 aliphatic rings. The fourth-order valence-electron chi connectivity index (χ4n) is 4.12. The number of nitrogens with one attached hydrogen (secondary N) is 2. The molecule has 7 nitrogen and oxygen atoms in total. The molecule has 0 bridgehead atoms. The standard InChI is InChI=1S/C29H31N3O4S/c1-34-24-11-9-21(10-12-24)18-32(29(37)30-14-13-20-7-5-4-6-8-20)19-23-15-22-16-26(35-2)27(36-3)17-25(22)31-28(23)33/h4-12,15-17H,13-14,18-19H2,1-3H3,(H,30,37)(H,31,33). The summed E-state index contributed by atoms with van der Waals surface area (Å²) in [6, 6.07) is 23.6. The molecule has 0 aliphatic carbocycles. The Hall–Kier alpha value is -4.04. The molecule has 0 aliphatic heterocycles. The van der Waals surface area contributed by atoms with Crippen LogP contribution in [0.15, 0.2) is 77.6 Å². The quantitative estimate of drug-likeness (QED) is 0.296. The number of rotatable bonds is 10. The smallest absolute Gasteiger partial charge is 0.253 e. The summed E-state index contributed by atoms with van der Waals surface area (Å²) in [5.74, 6) is 1.94. The molecule has 0 amide bonds. The second-order valence-corrected chi connectivity index (χ2v) is 8.98. The second-order valence-electron chi connectivity index (χ2n) is 8.59. The first-order valence-corrected chi connectivity index (χ1v) is 12.4. The van der Waals surface area contributed by atoms with Gasteiger partial charge >= 0.3 is 0 Å². The van der Waals surface area contributed by atoms with Gasteiger partial charge in [-0.15, -0.1) is 0 Å². The Balaban J connectivity index is 1.58. The zero-order valence-corrected chi connectivity index (χ0v) is 22.1. The lowest BCUT2D eigenvalue weighted by Gasteiger charge is -2.26. The monoisotopic (exact) mass is 517 g/mol. The van der Waals surface area contributed by atoms with E-state index in [0.717, 1.165) is 23.1 Å². The fraction of sp³-hybridized carbons (Fsp3) is 0.241. The number of methoxy groups -OCH3 is 3. The third-order valence-electron chi connectivity index (χ3n) is 6.14. The molecule has 3 aromatic carbocycles. The summed E-state index contributed by atoms with van der Waals surface area (Å²) >= 11 is 5.79. The van der Waals surface area contributed by atoms with Crippen LogP contribution in [-0.2, 0) is 19.5 Å². The predicted molar refractivity (Wildman–Crippen MR) is 151 cm³/mol. The van der Waals surface area contributed by atoms with Gasteiger partial charge in [0.15, 0.2) is 16.6 Å². The molecular formula is C29H31N3O4S. The number of hydrogen-bond acceptors (Lipinski definition) is 5.